The number of ether oxygens (including phenoxy) is 1. The molecule has 0 radical (unpaired) electrons. The summed E-state index contributed by atoms with van der Waals surface area (Å²) in [6, 6.07) is 0. The van der Waals surface area contributed by atoms with Gasteiger partial charge in [-0.15, -0.1) is 0 Å². The van der Waals surface area contributed by atoms with Gasteiger partial charge in [-0.1, -0.05) is 116 Å². The van der Waals surface area contributed by atoms with Crippen LogP contribution in [0.15, 0.2) is 0 Å². The van der Waals surface area contributed by atoms with Crippen molar-refractivity contribution in [1.29, 1.82) is 0 Å². The Kier molecular flexibility index (Phi) is 20.0. The molecule has 4 heteroatoms. The molecule has 0 spiro atoms. The minimum absolute atomic E-state index is 0.309. The van der Waals surface area contributed by atoms with Crippen molar-refractivity contribution in [3.8, 4) is 0 Å². The molecule has 32 heavy (non-hydrogen) atoms. The molecular formula is C28H52O4. The summed E-state index contributed by atoms with van der Waals surface area (Å²) in [5, 5.41) is 9.96. The predicted octanol–water partition coefficient (Wildman–Crippen LogP) is 7.84. The third kappa shape index (κ3) is 18.7. The molecule has 1 fully saturated rings. The molecular weight excluding hydrogens is 400 g/mol. The minimum atomic E-state index is -0.993. The standard InChI is InChI=1S/C28H52O4/c29-26-22-18-16-14-12-10-8-6-4-2-1-3-5-7-9-11-13-15-17-19-24-27(30)28(31)32-25-21-20-23-26/h27,30H,1-25H2/t27-/m0/s1. The minimum Gasteiger partial charge on any atom is -0.464 e. The largest absolute Gasteiger partial charge is 0.464 e. The zero-order valence-corrected chi connectivity index (χ0v) is 20.9. The molecule has 0 unspecified atom stereocenters. The van der Waals surface area contributed by atoms with Gasteiger partial charge >= 0.3 is 5.97 Å². The van der Waals surface area contributed by atoms with Crippen LogP contribution in [-0.4, -0.2) is 29.6 Å². The maximum Gasteiger partial charge on any atom is 0.334 e. The van der Waals surface area contributed by atoms with Gasteiger partial charge in [0.05, 0.1) is 6.61 Å². The van der Waals surface area contributed by atoms with Gasteiger partial charge < -0.3 is 9.84 Å². The number of hydrogen-bond donors (Lipinski definition) is 1. The normalized spacial score (nSPS) is 25.1. The van der Waals surface area contributed by atoms with E-state index in [1.807, 2.05) is 0 Å². The average Bonchev–Trinajstić information content (AvgIpc) is 2.78. The molecule has 1 rings (SSSR count). The number of hydrogen-bond acceptors (Lipinski definition) is 4. The third-order valence-electron chi connectivity index (χ3n) is 6.80. The van der Waals surface area contributed by atoms with Gasteiger partial charge in [-0.05, 0) is 25.7 Å². The summed E-state index contributed by atoms with van der Waals surface area (Å²) < 4.78 is 5.18. The van der Waals surface area contributed by atoms with Gasteiger partial charge in [0.15, 0.2) is 6.10 Å². The molecule has 1 heterocycles. The van der Waals surface area contributed by atoms with Crippen molar-refractivity contribution < 1.29 is 19.4 Å². The van der Waals surface area contributed by atoms with Crippen molar-refractivity contribution in [2.75, 3.05) is 6.61 Å². The number of Topliss-reactive ketones (excluding diaryl/α,β-unsaturated/α-hetero) is 1. The Hall–Kier alpha value is -0.900. The van der Waals surface area contributed by atoms with Crippen molar-refractivity contribution in [3.63, 3.8) is 0 Å². The highest BCUT2D eigenvalue weighted by atomic mass is 16.5. The predicted molar refractivity (Wildman–Crippen MR) is 133 cm³/mol. The second-order valence-electron chi connectivity index (χ2n) is 9.94. The molecule has 0 saturated carbocycles. The van der Waals surface area contributed by atoms with Crippen molar-refractivity contribution in [1.82, 2.24) is 0 Å². The Morgan fingerprint density at radius 3 is 1.28 bits per heavy atom. The fourth-order valence-electron chi connectivity index (χ4n) is 4.60. The number of esters is 1. The Bertz CT molecular complexity index is 449. The first kappa shape index (κ1) is 29.1. The summed E-state index contributed by atoms with van der Waals surface area (Å²) in [4.78, 5) is 23.8. The van der Waals surface area contributed by atoms with Crippen LogP contribution in [0.2, 0.25) is 0 Å². The Morgan fingerprint density at radius 2 is 0.844 bits per heavy atom. The summed E-state index contributed by atoms with van der Waals surface area (Å²) in [6.45, 7) is 0.309. The van der Waals surface area contributed by atoms with Crippen LogP contribution in [0.1, 0.15) is 154 Å². The Labute approximate surface area is 198 Å². The van der Waals surface area contributed by atoms with Gasteiger partial charge in [0.25, 0.3) is 0 Å². The fourth-order valence-corrected chi connectivity index (χ4v) is 4.60. The van der Waals surface area contributed by atoms with E-state index in [-0.39, 0.29) is 0 Å². The van der Waals surface area contributed by atoms with Crippen LogP contribution in [0.25, 0.3) is 0 Å². The number of ketones is 1. The lowest BCUT2D eigenvalue weighted by molar-refractivity contribution is -0.154. The first-order valence-corrected chi connectivity index (χ1v) is 14.1. The van der Waals surface area contributed by atoms with E-state index in [4.69, 9.17) is 4.74 Å². The first-order chi connectivity index (χ1) is 15.7. The molecule has 0 amide bonds. The van der Waals surface area contributed by atoms with Gasteiger partial charge in [0.2, 0.25) is 0 Å². The molecule has 1 N–H and O–H groups in total. The Balaban J connectivity index is 2.20. The SMILES string of the molecule is O=C1CCCCCCCCCCCCCCCCCCCCC[C@H](O)C(=O)OCCCC1. The second-order valence-corrected chi connectivity index (χ2v) is 9.94. The van der Waals surface area contributed by atoms with Crippen LogP contribution in [-0.2, 0) is 14.3 Å². The quantitative estimate of drug-likeness (QED) is 0.380. The van der Waals surface area contributed by atoms with Crippen molar-refractivity contribution in [2.24, 2.45) is 0 Å². The lowest BCUT2D eigenvalue weighted by atomic mass is 10.0. The van der Waals surface area contributed by atoms with Crippen LogP contribution in [0.4, 0.5) is 0 Å². The molecule has 1 aliphatic rings. The van der Waals surface area contributed by atoms with Crippen LogP contribution in [0.5, 0.6) is 0 Å². The summed E-state index contributed by atoms with van der Waals surface area (Å²) in [5.74, 6) is -0.166. The van der Waals surface area contributed by atoms with Crippen LogP contribution in [0, 0.1) is 0 Å². The molecule has 1 atom stereocenters. The zero-order valence-electron chi connectivity index (χ0n) is 20.9. The van der Waals surface area contributed by atoms with E-state index >= 15 is 0 Å². The number of aliphatic hydroxyl groups excluding tert-OH is 1. The molecule has 1 aliphatic heterocycles. The Morgan fingerprint density at radius 1 is 0.500 bits per heavy atom. The molecule has 0 aromatic rings. The first-order valence-electron chi connectivity index (χ1n) is 14.1. The van der Waals surface area contributed by atoms with Crippen molar-refractivity contribution in [2.45, 2.75) is 160 Å². The van der Waals surface area contributed by atoms with Gasteiger partial charge in [-0.2, -0.15) is 0 Å². The summed E-state index contributed by atoms with van der Waals surface area (Å²) in [7, 11) is 0. The highest BCUT2D eigenvalue weighted by Gasteiger charge is 2.15. The van der Waals surface area contributed by atoms with Gasteiger partial charge in [-0.25, -0.2) is 4.79 Å². The molecule has 0 aromatic carbocycles. The zero-order chi connectivity index (χ0) is 23.1. The number of aliphatic hydroxyl groups is 1. The molecule has 4 nitrogen and oxygen atoms in total. The van der Waals surface area contributed by atoms with Gasteiger partial charge in [-0.3, -0.25) is 4.79 Å². The lowest BCUT2D eigenvalue weighted by Crippen LogP contribution is -2.23. The lowest BCUT2D eigenvalue weighted by Gasteiger charge is -2.10. The fraction of sp³-hybridized carbons (Fsp3) is 0.929. The van der Waals surface area contributed by atoms with Crippen LogP contribution in [0.3, 0.4) is 0 Å². The van der Waals surface area contributed by atoms with E-state index in [2.05, 4.69) is 0 Å². The topological polar surface area (TPSA) is 63.6 Å². The summed E-state index contributed by atoms with van der Waals surface area (Å²) in [6.07, 6.45) is 26.5. The van der Waals surface area contributed by atoms with E-state index in [0.717, 1.165) is 25.7 Å². The second kappa shape index (κ2) is 21.9. The van der Waals surface area contributed by atoms with Crippen LogP contribution >= 0.6 is 0 Å². The third-order valence-corrected chi connectivity index (χ3v) is 6.80. The molecule has 1 saturated heterocycles. The maximum atomic E-state index is 12.0. The highest BCUT2D eigenvalue weighted by molar-refractivity contribution is 5.78. The number of carbonyl (C=O) groups is 2. The van der Waals surface area contributed by atoms with E-state index in [0.29, 0.717) is 38.1 Å². The number of carbonyl (C=O) groups excluding carboxylic acids is 2. The molecule has 0 aliphatic carbocycles. The van der Waals surface area contributed by atoms with Crippen molar-refractivity contribution >= 4 is 11.8 Å². The monoisotopic (exact) mass is 452 g/mol. The number of rotatable bonds is 0. The number of cyclic esters (lactones) is 1. The van der Waals surface area contributed by atoms with E-state index < -0.39 is 12.1 Å². The highest BCUT2D eigenvalue weighted by Crippen LogP contribution is 2.16. The maximum absolute atomic E-state index is 12.0. The van der Waals surface area contributed by atoms with E-state index in [9.17, 15) is 14.7 Å². The smallest absolute Gasteiger partial charge is 0.334 e. The van der Waals surface area contributed by atoms with Gasteiger partial charge in [0.1, 0.15) is 5.78 Å². The molecule has 0 bridgehead atoms. The van der Waals surface area contributed by atoms with Crippen LogP contribution < -0.4 is 0 Å². The van der Waals surface area contributed by atoms with Crippen molar-refractivity contribution in [3.05, 3.63) is 0 Å². The summed E-state index contributed by atoms with van der Waals surface area (Å²) >= 11 is 0. The average molecular weight is 453 g/mol. The van der Waals surface area contributed by atoms with Gasteiger partial charge in [0, 0.05) is 12.8 Å². The van der Waals surface area contributed by atoms with E-state index in [1.54, 1.807) is 0 Å². The van der Waals surface area contributed by atoms with E-state index in [1.165, 1.54) is 103 Å². The molecule has 188 valence electrons. The summed E-state index contributed by atoms with van der Waals surface area (Å²) in [5.41, 5.74) is 0. The molecule has 0 aromatic heterocycles.